The number of nitro groups is 1. The molecule has 1 heterocycles. The SMILES string of the molecule is O=[N+]([O-])c1ccc(NN=Cc2ccc3c(c2)OCO3)c(S(=O)(=O)Nc2ccc(Cl)cc2)c1. The average Bonchev–Trinajstić information content (AvgIpc) is 3.23. The number of non-ortho nitro benzene ring substituents is 1. The molecule has 4 rings (SSSR count). The van der Waals surface area contributed by atoms with E-state index in [1.54, 1.807) is 18.2 Å². The molecular weight excluding hydrogens is 460 g/mol. The normalized spacial score (nSPS) is 12.7. The van der Waals surface area contributed by atoms with Gasteiger partial charge in [-0.05, 0) is 54.1 Å². The highest BCUT2D eigenvalue weighted by atomic mass is 35.5. The maximum Gasteiger partial charge on any atom is 0.270 e. The molecule has 3 aromatic rings. The third-order valence-electron chi connectivity index (χ3n) is 4.36. The number of benzene rings is 3. The molecule has 0 aliphatic carbocycles. The van der Waals surface area contributed by atoms with Gasteiger partial charge < -0.3 is 9.47 Å². The van der Waals surface area contributed by atoms with Gasteiger partial charge in [-0.15, -0.1) is 0 Å². The lowest BCUT2D eigenvalue weighted by atomic mass is 10.2. The van der Waals surface area contributed by atoms with Crippen molar-refractivity contribution in [1.29, 1.82) is 0 Å². The number of hydrogen-bond donors (Lipinski definition) is 2. The van der Waals surface area contributed by atoms with Gasteiger partial charge >= 0.3 is 0 Å². The first-order chi connectivity index (χ1) is 15.3. The first-order valence-electron chi connectivity index (χ1n) is 9.07. The van der Waals surface area contributed by atoms with Gasteiger partial charge in [-0.1, -0.05) is 11.6 Å². The summed E-state index contributed by atoms with van der Waals surface area (Å²) in [7, 11) is -4.19. The van der Waals surface area contributed by atoms with E-state index in [0.717, 1.165) is 6.07 Å². The molecule has 10 nitrogen and oxygen atoms in total. The minimum Gasteiger partial charge on any atom is -0.454 e. The number of ether oxygens (including phenoxy) is 2. The molecule has 0 spiro atoms. The molecule has 0 atom stereocenters. The van der Waals surface area contributed by atoms with Crippen LogP contribution in [0.15, 0.2) is 70.7 Å². The summed E-state index contributed by atoms with van der Waals surface area (Å²) >= 11 is 5.83. The van der Waals surface area contributed by atoms with Gasteiger partial charge in [-0.2, -0.15) is 5.10 Å². The van der Waals surface area contributed by atoms with Crippen molar-refractivity contribution in [2.24, 2.45) is 5.10 Å². The molecule has 2 N–H and O–H groups in total. The molecule has 0 amide bonds. The number of hydrazone groups is 1. The number of anilines is 2. The fraction of sp³-hybridized carbons (Fsp3) is 0.0500. The van der Waals surface area contributed by atoms with Gasteiger partial charge in [0.1, 0.15) is 4.90 Å². The summed E-state index contributed by atoms with van der Waals surface area (Å²) in [4.78, 5) is 10.2. The Morgan fingerprint density at radius 2 is 1.78 bits per heavy atom. The van der Waals surface area contributed by atoms with E-state index in [2.05, 4.69) is 15.2 Å². The third-order valence-corrected chi connectivity index (χ3v) is 6.03. The van der Waals surface area contributed by atoms with E-state index in [4.69, 9.17) is 21.1 Å². The van der Waals surface area contributed by atoms with Crippen molar-refractivity contribution in [1.82, 2.24) is 0 Å². The van der Waals surface area contributed by atoms with Gasteiger partial charge in [0.2, 0.25) is 6.79 Å². The van der Waals surface area contributed by atoms with Crippen molar-refractivity contribution in [3.05, 3.63) is 81.4 Å². The Balaban J connectivity index is 1.61. The van der Waals surface area contributed by atoms with Crippen LogP contribution >= 0.6 is 11.6 Å². The first kappa shape index (κ1) is 21.4. The molecule has 0 bridgehead atoms. The van der Waals surface area contributed by atoms with Gasteiger partial charge in [-0.25, -0.2) is 8.42 Å². The van der Waals surface area contributed by atoms with Crippen LogP contribution in [0.2, 0.25) is 5.02 Å². The molecule has 1 aliphatic heterocycles. The highest BCUT2D eigenvalue weighted by Crippen LogP contribution is 2.32. The summed E-state index contributed by atoms with van der Waals surface area (Å²) in [5, 5.41) is 15.7. The molecule has 12 heteroatoms. The molecule has 32 heavy (non-hydrogen) atoms. The Kier molecular flexibility index (Phi) is 5.84. The van der Waals surface area contributed by atoms with Crippen molar-refractivity contribution < 1.29 is 22.8 Å². The summed E-state index contributed by atoms with van der Waals surface area (Å²) in [6.45, 7) is 0.138. The maximum atomic E-state index is 13.0. The van der Waals surface area contributed by atoms with E-state index >= 15 is 0 Å². The number of sulfonamides is 1. The van der Waals surface area contributed by atoms with Crippen LogP contribution in [0.1, 0.15) is 5.56 Å². The molecular formula is C20H15ClN4O6S. The van der Waals surface area contributed by atoms with E-state index in [1.165, 1.54) is 42.6 Å². The maximum absolute atomic E-state index is 13.0. The molecule has 0 aromatic heterocycles. The summed E-state index contributed by atoms with van der Waals surface area (Å²) < 4.78 is 38.8. The van der Waals surface area contributed by atoms with Gasteiger partial charge in [0.15, 0.2) is 11.5 Å². The third kappa shape index (κ3) is 4.74. The Bertz CT molecular complexity index is 1310. The Morgan fingerprint density at radius 1 is 1.03 bits per heavy atom. The first-order valence-corrected chi connectivity index (χ1v) is 10.9. The fourth-order valence-corrected chi connectivity index (χ4v) is 4.20. The van der Waals surface area contributed by atoms with Crippen LogP contribution in [0, 0.1) is 10.1 Å². The summed E-state index contributed by atoms with van der Waals surface area (Å²) in [6.07, 6.45) is 1.45. The van der Waals surface area contributed by atoms with E-state index in [9.17, 15) is 18.5 Å². The van der Waals surface area contributed by atoms with Crippen LogP contribution in [0.5, 0.6) is 11.5 Å². The van der Waals surface area contributed by atoms with Crippen LogP contribution in [-0.4, -0.2) is 26.3 Å². The van der Waals surface area contributed by atoms with Gasteiger partial charge in [0, 0.05) is 22.8 Å². The summed E-state index contributed by atoms with van der Waals surface area (Å²) in [5.41, 5.74) is 3.22. The Labute approximate surface area is 187 Å². The van der Waals surface area contributed by atoms with Crippen molar-refractivity contribution in [2.75, 3.05) is 16.9 Å². The molecule has 164 valence electrons. The van der Waals surface area contributed by atoms with Crippen LogP contribution in [0.3, 0.4) is 0 Å². The monoisotopic (exact) mass is 474 g/mol. The molecule has 0 radical (unpaired) electrons. The highest BCUT2D eigenvalue weighted by molar-refractivity contribution is 7.92. The summed E-state index contributed by atoms with van der Waals surface area (Å²) in [6, 6.07) is 14.6. The van der Waals surface area contributed by atoms with E-state index in [1.807, 2.05) is 0 Å². The van der Waals surface area contributed by atoms with Crippen LogP contribution in [0.4, 0.5) is 17.1 Å². The number of hydrogen-bond acceptors (Lipinski definition) is 8. The van der Waals surface area contributed by atoms with Crippen molar-refractivity contribution in [3.8, 4) is 11.5 Å². The number of fused-ring (bicyclic) bond motifs is 1. The Morgan fingerprint density at radius 3 is 2.53 bits per heavy atom. The van der Waals surface area contributed by atoms with Crippen molar-refractivity contribution >= 4 is 44.9 Å². The molecule has 0 fully saturated rings. The number of rotatable bonds is 7. The fourth-order valence-electron chi connectivity index (χ4n) is 2.84. The second-order valence-corrected chi connectivity index (χ2v) is 8.62. The van der Waals surface area contributed by atoms with Crippen LogP contribution in [0.25, 0.3) is 0 Å². The smallest absolute Gasteiger partial charge is 0.270 e. The van der Waals surface area contributed by atoms with Gasteiger partial charge in [-0.3, -0.25) is 20.3 Å². The zero-order chi connectivity index (χ0) is 22.7. The van der Waals surface area contributed by atoms with E-state index in [0.29, 0.717) is 22.1 Å². The van der Waals surface area contributed by atoms with Crippen molar-refractivity contribution in [3.63, 3.8) is 0 Å². The molecule has 0 unspecified atom stereocenters. The zero-order valence-electron chi connectivity index (χ0n) is 16.2. The zero-order valence-corrected chi connectivity index (χ0v) is 17.8. The highest BCUT2D eigenvalue weighted by Gasteiger charge is 2.23. The topological polar surface area (TPSA) is 132 Å². The number of nitrogens with zero attached hydrogens (tertiary/aromatic N) is 2. The van der Waals surface area contributed by atoms with Crippen molar-refractivity contribution in [2.45, 2.75) is 4.90 Å². The Hall–Kier alpha value is -3.83. The van der Waals surface area contributed by atoms with E-state index in [-0.39, 0.29) is 28.8 Å². The van der Waals surface area contributed by atoms with E-state index < -0.39 is 14.9 Å². The predicted molar refractivity (Wildman–Crippen MR) is 119 cm³/mol. The minimum absolute atomic E-state index is 0.0501. The molecule has 0 saturated heterocycles. The second kappa shape index (κ2) is 8.73. The minimum atomic E-state index is -4.19. The van der Waals surface area contributed by atoms with Gasteiger partial charge in [0.25, 0.3) is 15.7 Å². The second-order valence-electron chi connectivity index (χ2n) is 6.53. The van der Waals surface area contributed by atoms with Crippen LogP contribution < -0.4 is 19.6 Å². The number of nitrogens with one attached hydrogen (secondary N) is 2. The lowest BCUT2D eigenvalue weighted by Gasteiger charge is -2.12. The summed E-state index contributed by atoms with van der Waals surface area (Å²) in [5.74, 6) is 1.19. The average molecular weight is 475 g/mol. The molecule has 3 aromatic carbocycles. The molecule has 1 aliphatic rings. The number of halogens is 1. The molecule has 0 saturated carbocycles. The number of nitro benzene ring substituents is 1. The lowest BCUT2D eigenvalue weighted by molar-refractivity contribution is -0.385. The lowest BCUT2D eigenvalue weighted by Crippen LogP contribution is -2.15. The van der Waals surface area contributed by atoms with Gasteiger partial charge in [0.05, 0.1) is 16.8 Å². The standard InChI is InChI=1S/C20H15ClN4O6S/c21-14-2-4-15(5-3-14)24-32(28,29)20-10-16(25(26)27)6-7-17(20)23-22-11-13-1-8-18-19(9-13)31-12-30-18/h1-11,23-24H,12H2. The quantitative estimate of drug-likeness (QED) is 0.297. The van der Waals surface area contributed by atoms with Crippen LogP contribution in [-0.2, 0) is 10.0 Å². The largest absolute Gasteiger partial charge is 0.454 e. The predicted octanol–water partition coefficient (Wildman–Crippen LogP) is 4.22.